The number of benzene rings is 1. The number of aryl methyl sites for hydroxylation is 1. The number of esters is 1. The van der Waals surface area contributed by atoms with Gasteiger partial charge in [-0.15, -0.1) is 0 Å². The van der Waals surface area contributed by atoms with Crippen LogP contribution in [0.25, 0.3) is 0 Å². The number of carbonyl (C=O) groups is 1. The Hall–Kier alpha value is -1.75. The standard InChI is InChI=1S/C16H20O2/c1-3-4-5-6-13-18-16(17)12-11-15-9-7-14(2)8-10-15/h7-10H,3-6,13H2,1-2H3. The fraction of sp³-hybridized carbons (Fsp3) is 0.438. The molecule has 0 N–H and O–H groups in total. The van der Waals surface area contributed by atoms with E-state index in [-0.39, 0.29) is 0 Å². The molecule has 0 aliphatic carbocycles. The Kier molecular flexibility index (Phi) is 6.64. The van der Waals surface area contributed by atoms with Crippen molar-refractivity contribution in [2.45, 2.75) is 39.5 Å². The summed E-state index contributed by atoms with van der Waals surface area (Å²) in [6.45, 7) is 4.64. The van der Waals surface area contributed by atoms with Gasteiger partial charge in [-0.2, -0.15) is 0 Å². The Morgan fingerprint density at radius 2 is 1.89 bits per heavy atom. The van der Waals surface area contributed by atoms with Crippen LogP contribution in [0.15, 0.2) is 24.3 Å². The fourth-order valence-corrected chi connectivity index (χ4v) is 1.49. The van der Waals surface area contributed by atoms with Gasteiger partial charge in [-0.3, -0.25) is 0 Å². The van der Waals surface area contributed by atoms with Crippen LogP contribution in [0, 0.1) is 18.8 Å². The van der Waals surface area contributed by atoms with Gasteiger partial charge in [0.15, 0.2) is 0 Å². The first-order chi connectivity index (χ1) is 8.72. The summed E-state index contributed by atoms with van der Waals surface area (Å²) in [7, 11) is 0. The number of carbonyl (C=O) groups excluding carboxylic acids is 1. The van der Waals surface area contributed by atoms with Crippen molar-refractivity contribution in [2.75, 3.05) is 6.61 Å². The molecule has 18 heavy (non-hydrogen) atoms. The second kappa shape index (κ2) is 8.36. The number of hydrogen-bond donors (Lipinski definition) is 0. The average molecular weight is 244 g/mol. The van der Waals surface area contributed by atoms with Crippen molar-refractivity contribution in [1.29, 1.82) is 0 Å². The molecule has 2 nitrogen and oxygen atoms in total. The molecule has 0 amide bonds. The first kappa shape index (κ1) is 14.3. The SMILES string of the molecule is CCCCCCOC(=O)C#Cc1ccc(C)cc1. The third kappa shape index (κ3) is 6.10. The average Bonchev–Trinajstić information content (AvgIpc) is 2.38. The van der Waals surface area contributed by atoms with Crippen LogP contribution < -0.4 is 0 Å². The lowest BCUT2D eigenvalue weighted by Crippen LogP contribution is -2.02. The summed E-state index contributed by atoms with van der Waals surface area (Å²) >= 11 is 0. The van der Waals surface area contributed by atoms with Gasteiger partial charge in [0.1, 0.15) is 0 Å². The molecule has 0 aliphatic rings. The molecule has 0 unspecified atom stereocenters. The zero-order valence-corrected chi connectivity index (χ0v) is 11.2. The molecule has 0 spiro atoms. The zero-order valence-electron chi connectivity index (χ0n) is 11.2. The maximum Gasteiger partial charge on any atom is 0.384 e. The van der Waals surface area contributed by atoms with Crippen LogP contribution in [0.5, 0.6) is 0 Å². The molecule has 0 aromatic heterocycles. The van der Waals surface area contributed by atoms with Crippen molar-refractivity contribution in [3.8, 4) is 11.8 Å². The van der Waals surface area contributed by atoms with Crippen molar-refractivity contribution in [1.82, 2.24) is 0 Å². The fourth-order valence-electron chi connectivity index (χ4n) is 1.49. The summed E-state index contributed by atoms with van der Waals surface area (Å²) < 4.78 is 5.02. The van der Waals surface area contributed by atoms with Crippen LogP contribution in [-0.2, 0) is 9.53 Å². The molecule has 2 heteroatoms. The van der Waals surface area contributed by atoms with Crippen molar-refractivity contribution < 1.29 is 9.53 Å². The van der Waals surface area contributed by atoms with Crippen molar-refractivity contribution in [2.24, 2.45) is 0 Å². The molecule has 1 rings (SSSR count). The third-order valence-corrected chi connectivity index (χ3v) is 2.59. The van der Waals surface area contributed by atoms with E-state index in [1.54, 1.807) is 0 Å². The predicted octanol–water partition coefficient (Wildman–Crippen LogP) is 3.47. The van der Waals surface area contributed by atoms with Gasteiger partial charge >= 0.3 is 5.97 Å². The van der Waals surface area contributed by atoms with Gasteiger partial charge in [0.25, 0.3) is 0 Å². The Labute approximate surface area is 109 Å². The predicted molar refractivity (Wildman–Crippen MR) is 73.2 cm³/mol. The highest BCUT2D eigenvalue weighted by molar-refractivity contribution is 5.89. The van der Waals surface area contributed by atoms with E-state index in [2.05, 4.69) is 18.8 Å². The van der Waals surface area contributed by atoms with Gasteiger partial charge in [-0.05, 0) is 25.5 Å². The highest BCUT2D eigenvalue weighted by atomic mass is 16.5. The maximum atomic E-state index is 11.3. The molecular weight excluding hydrogens is 224 g/mol. The monoisotopic (exact) mass is 244 g/mol. The Morgan fingerprint density at radius 3 is 2.56 bits per heavy atom. The van der Waals surface area contributed by atoms with Gasteiger partial charge in [-0.1, -0.05) is 49.8 Å². The smallest absolute Gasteiger partial charge is 0.384 e. The minimum absolute atomic E-state index is 0.438. The number of unbranched alkanes of at least 4 members (excludes halogenated alkanes) is 3. The summed E-state index contributed by atoms with van der Waals surface area (Å²) in [5.41, 5.74) is 2.02. The summed E-state index contributed by atoms with van der Waals surface area (Å²) in [4.78, 5) is 11.3. The van der Waals surface area contributed by atoms with Crippen molar-refractivity contribution >= 4 is 5.97 Å². The molecule has 0 aliphatic heterocycles. The van der Waals surface area contributed by atoms with Crippen LogP contribution in [0.2, 0.25) is 0 Å². The molecule has 1 aromatic carbocycles. The van der Waals surface area contributed by atoms with E-state index in [0.717, 1.165) is 18.4 Å². The largest absolute Gasteiger partial charge is 0.456 e. The lowest BCUT2D eigenvalue weighted by atomic mass is 10.2. The molecule has 0 saturated heterocycles. The molecule has 0 bridgehead atoms. The molecule has 0 fully saturated rings. The summed E-state index contributed by atoms with van der Waals surface area (Å²) in [5, 5.41) is 0. The minimum Gasteiger partial charge on any atom is -0.456 e. The molecular formula is C16H20O2. The van der Waals surface area contributed by atoms with Crippen molar-refractivity contribution in [3.63, 3.8) is 0 Å². The first-order valence-corrected chi connectivity index (χ1v) is 6.48. The summed E-state index contributed by atoms with van der Waals surface area (Å²) in [6.07, 6.45) is 4.40. The minimum atomic E-state index is -0.438. The topological polar surface area (TPSA) is 26.3 Å². The van der Waals surface area contributed by atoms with Crippen LogP contribution in [-0.4, -0.2) is 12.6 Å². The Balaban J connectivity index is 2.30. The number of hydrogen-bond acceptors (Lipinski definition) is 2. The van der Waals surface area contributed by atoms with E-state index in [1.165, 1.54) is 18.4 Å². The molecule has 0 heterocycles. The number of ether oxygens (including phenoxy) is 1. The second-order valence-electron chi connectivity index (χ2n) is 4.31. The van der Waals surface area contributed by atoms with Crippen LogP contribution >= 0.6 is 0 Å². The van der Waals surface area contributed by atoms with E-state index in [4.69, 9.17) is 4.74 Å². The van der Waals surface area contributed by atoms with Gasteiger partial charge in [0.05, 0.1) is 6.61 Å². The normalized spacial score (nSPS) is 9.44. The lowest BCUT2D eigenvalue weighted by Gasteiger charge is -1.99. The van der Waals surface area contributed by atoms with E-state index in [0.29, 0.717) is 6.61 Å². The Bertz CT molecular complexity index is 421. The summed E-state index contributed by atoms with van der Waals surface area (Å²) in [5.74, 6) is 4.86. The van der Waals surface area contributed by atoms with Crippen LogP contribution in [0.1, 0.15) is 43.7 Å². The van der Waals surface area contributed by atoms with E-state index in [9.17, 15) is 4.79 Å². The van der Waals surface area contributed by atoms with Gasteiger partial charge in [0.2, 0.25) is 0 Å². The second-order valence-corrected chi connectivity index (χ2v) is 4.31. The van der Waals surface area contributed by atoms with E-state index < -0.39 is 5.97 Å². The Morgan fingerprint density at radius 1 is 1.17 bits per heavy atom. The van der Waals surface area contributed by atoms with Gasteiger partial charge < -0.3 is 4.74 Å². The zero-order chi connectivity index (χ0) is 13.2. The van der Waals surface area contributed by atoms with Crippen LogP contribution in [0.3, 0.4) is 0 Å². The van der Waals surface area contributed by atoms with Gasteiger partial charge in [-0.25, -0.2) is 4.79 Å². The van der Waals surface area contributed by atoms with Crippen molar-refractivity contribution in [3.05, 3.63) is 35.4 Å². The summed E-state index contributed by atoms with van der Waals surface area (Å²) in [6, 6.07) is 7.74. The molecule has 0 radical (unpaired) electrons. The van der Waals surface area contributed by atoms with E-state index >= 15 is 0 Å². The van der Waals surface area contributed by atoms with Gasteiger partial charge in [0, 0.05) is 11.5 Å². The highest BCUT2D eigenvalue weighted by Crippen LogP contribution is 2.01. The first-order valence-electron chi connectivity index (χ1n) is 6.48. The molecule has 96 valence electrons. The van der Waals surface area contributed by atoms with E-state index in [1.807, 2.05) is 31.2 Å². The third-order valence-electron chi connectivity index (χ3n) is 2.59. The molecule has 0 saturated carbocycles. The highest BCUT2D eigenvalue weighted by Gasteiger charge is 1.96. The molecule has 1 aromatic rings. The van der Waals surface area contributed by atoms with Crippen LogP contribution in [0.4, 0.5) is 0 Å². The maximum absolute atomic E-state index is 11.3. The quantitative estimate of drug-likeness (QED) is 0.450. The molecule has 0 atom stereocenters. The lowest BCUT2D eigenvalue weighted by molar-refractivity contribution is -0.136. The number of rotatable bonds is 5.